The van der Waals surface area contributed by atoms with Gasteiger partial charge in [0.15, 0.2) is 11.5 Å². The van der Waals surface area contributed by atoms with Gasteiger partial charge in [-0.15, -0.1) is 0 Å². The van der Waals surface area contributed by atoms with Crippen LogP contribution in [0.4, 0.5) is 5.69 Å². The van der Waals surface area contributed by atoms with E-state index in [9.17, 15) is 4.79 Å². The second-order valence-electron chi connectivity index (χ2n) is 5.93. The maximum Gasteiger partial charge on any atom is 0.227 e. The number of amides is 1. The van der Waals surface area contributed by atoms with E-state index in [4.69, 9.17) is 14.0 Å². The number of nitrogens with one attached hydrogen (secondary N) is 1. The Morgan fingerprint density at radius 3 is 2.67 bits per heavy atom. The van der Waals surface area contributed by atoms with Crippen LogP contribution in [0.5, 0.6) is 11.5 Å². The summed E-state index contributed by atoms with van der Waals surface area (Å²) in [5.41, 5.74) is 1.54. The van der Waals surface area contributed by atoms with Crippen molar-refractivity contribution in [1.29, 1.82) is 0 Å². The van der Waals surface area contributed by atoms with Crippen LogP contribution in [0.3, 0.4) is 0 Å². The maximum absolute atomic E-state index is 12.2. The van der Waals surface area contributed by atoms with E-state index in [0.29, 0.717) is 48.5 Å². The number of fused-ring (bicyclic) bond motifs is 1. The number of ether oxygens (including phenoxy) is 2. The predicted octanol–water partition coefficient (Wildman–Crippen LogP) is 3.68. The van der Waals surface area contributed by atoms with Crippen LogP contribution >= 0.6 is 22.6 Å². The molecule has 0 aliphatic carbocycles. The van der Waals surface area contributed by atoms with Crippen molar-refractivity contribution < 1.29 is 18.8 Å². The summed E-state index contributed by atoms with van der Waals surface area (Å²) in [6.45, 7) is 1.04. The summed E-state index contributed by atoms with van der Waals surface area (Å²) in [6, 6.07) is 13.2. The van der Waals surface area contributed by atoms with E-state index < -0.39 is 0 Å². The Kier molecular flexibility index (Phi) is 5.23. The molecule has 0 unspecified atom stereocenters. The van der Waals surface area contributed by atoms with Gasteiger partial charge in [-0.05, 0) is 46.9 Å². The van der Waals surface area contributed by atoms with Gasteiger partial charge in [0.25, 0.3) is 0 Å². The lowest BCUT2D eigenvalue weighted by atomic mass is 10.2. The SMILES string of the molecule is O=C(CCc1nc(-c2ccc(I)cc2)no1)Nc1ccc2c(c1)OCCO2. The van der Waals surface area contributed by atoms with Gasteiger partial charge in [0.05, 0.1) is 0 Å². The number of anilines is 1. The number of hydrogen-bond acceptors (Lipinski definition) is 6. The highest BCUT2D eigenvalue weighted by atomic mass is 127. The average molecular weight is 477 g/mol. The van der Waals surface area contributed by atoms with E-state index in [2.05, 4.69) is 38.0 Å². The van der Waals surface area contributed by atoms with Crippen molar-refractivity contribution in [2.24, 2.45) is 0 Å². The zero-order valence-electron chi connectivity index (χ0n) is 14.3. The average Bonchev–Trinajstić information content (AvgIpc) is 3.16. The molecular weight excluding hydrogens is 461 g/mol. The van der Waals surface area contributed by atoms with E-state index in [0.717, 1.165) is 9.13 Å². The van der Waals surface area contributed by atoms with Crippen LogP contribution in [0.2, 0.25) is 0 Å². The number of aryl methyl sites for hydroxylation is 1. The monoisotopic (exact) mass is 477 g/mol. The molecule has 7 nitrogen and oxygen atoms in total. The first-order valence-electron chi connectivity index (χ1n) is 8.45. The lowest BCUT2D eigenvalue weighted by molar-refractivity contribution is -0.116. The normalized spacial score (nSPS) is 12.6. The summed E-state index contributed by atoms with van der Waals surface area (Å²) in [5, 5.41) is 6.82. The number of carbonyl (C=O) groups is 1. The van der Waals surface area contributed by atoms with E-state index in [1.165, 1.54) is 0 Å². The van der Waals surface area contributed by atoms with Crippen LogP contribution in [-0.4, -0.2) is 29.3 Å². The van der Waals surface area contributed by atoms with Crippen LogP contribution in [-0.2, 0) is 11.2 Å². The molecule has 27 heavy (non-hydrogen) atoms. The summed E-state index contributed by atoms with van der Waals surface area (Å²) in [4.78, 5) is 16.5. The standard InChI is InChI=1S/C19H16IN3O4/c20-13-3-1-12(2-4-13)19-22-18(27-23-19)8-7-17(24)21-14-5-6-15-16(11-14)26-10-9-25-15/h1-6,11H,7-10H2,(H,21,24). The number of rotatable bonds is 5. The smallest absolute Gasteiger partial charge is 0.227 e. The first-order chi connectivity index (χ1) is 13.2. The van der Waals surface area contributed by atoms with Gasteiger partial charge < -0.3 is 19.3 Å². The van der Waals surface area contributed by atoms with Crippen molar-refractivity contribution in [3.63, 3.8) is 0 Å². The molecule has 1 aromatic heterocycles. The third-order valence-corrected chi connectivity index (χ3v) is 4.68. The molecule has 2 aromatic carbocycles. The summed E-state index contributed by atoms with van der Waals surface area (Å²) >= 11 is 2.24. The fourth-order valence-corrected chi connectivity index (χ4v) is 3.00. The molecule has 0 bridgehead atoms. The summed E-state index contributed by atoms with van der Waals surface area (Å²) in [6.07, 6.45) is 0.608. The predicted molar refractivity (Wildman–Crippen MR) is 107 cm³/mol. The molecule has 2 heterocycles. The summed E-state index contributed by atoms with van der Waals surface area (Å²) in [7, 11) is 0. The largest absolute Gasteiger partial charge is 0.486 e. The summed E-state index contributed by atoms with van der Waals surface area (Å²) in [5.74, 6) is 2.14. The molecule has 0 saturated carbocycles. The van der Waals surface area contributed by atoms with Gasteiger partial charge >= 0.3 is 0 Å². The fraction of sp³-hybridized carbons (Fsp3) is 0.211. The van der Waals surface area contributed by atoms with Crippen molar-refractivity contribution in [2.75, 3.05) is 18.5 Å². The number of hydrogen-bond donors (Lipinski definition) is 1. The Morgan fingerprint density at radius 2 is 1.85 bits per heavy atom. The van der Waals surface area contributed by atoms with Crippen molar-refractivity contribution in [3.05, 3.63) is 51.9 Å². The van der Waals surface area contributed by atoms with Crippen molar-refractivity contribution >= 4 is 34.2 Å². The Hall–Kier alpha value is -2.62. The molecule has 3 aromatic rings. The molecule has 0 saturated heterocycles. The Balaban J connectivity index is 1.34. The van der Waals surface area contributed by atoms with Crippen molar-refractivity contribution in [2.45, 2.75) is 12.8 Å². The number of carbonyl (C=O) groups excluding carboxylic acids is 1. The molecular formula is C19H16IN3O4. The van der Waals surface area contributed by atoms with Crippen molar-refractivity contribution in [1.82, 2.24) is 10.1 Å². The van der Waals surface area contributed by atoms with Crippen LogP contribution in [0.25, 0.3) is 11.4 Å². The lowest BCUT2D eigenvalue weighted by Gasteiger charge is -2.18. The number of nitrogens with zero attached hydrogens (tertiary/aromatic N) is 2. The van der Waals surface area contributed by atoms with Crippen LogP contribution in [0.1, 0.15) is 12.3 Å². The molecule has 1 amide bonds. The van der Waals surface area contributed by atoms with E-state index in [-0.39, 0.29) is 12.3 Å². The minimum Gasteiger partial charge on any atom is -0.486 e. The molecule has 138 valence electrons. The van der Waals surface area contributed by atoms with Gasteiger partial charge in [-0.2, -0.15) is 4.98 Å². The first-order valence-corrected chi connectivity index (χ1v) is 9.53. The molecule has 0 fully saturated rings. The van der Waals surface area contributed by atoms with E-state index in [1.807, 2.05) is 24.3 Å². The van der Waals surface area contributed by atoms with E-state index >= 15 is 0 Å². The van der Waals surface area contributed by atoms with Crippen LogP contribution in [0, 0.1) is 3.57 Å². The Morgan fingerprint density at radius 1 is 1.07 bits per heavy atom. The molecule has 1 aliphatic heterocycles. The van der Waals surface area contributed by atoms with Gasteiger partial charge in [-0.3, -0.25) is 4.79 Å². The highest BCUT2D eigenvalue weighted by Gasteiger charge is 2.14. The van der Waals surface area contributed by atoms with Gasteiger partial charge in [0.1, 0.15) is 13.2 Å². The molecule has 0 spiro atoms. The summed E-state index contributed by atoms with van der Waals surface area (Å²) < 4.78 is 17.4. The lowest BCUT2D eigenvalue weighted by Crippen LogP contribution is -2.16. The molecule has 4 rings (SSSR count). The van der Waals surface area contributed by atoms with Crippen molar-refractivity contribution in [3.8, 4) is 22.9 Å². The zero-order chi connectivity index (χ0) is 18.6. The molecule has 8 heteroatoms. The van der Waals surface area contributed by atoms with Gasteiger partial charge in [-0.1, -0.05) is 17.3 Å². The quantitative estimate of drug-likeness (QED) is 0.565. The highest BCUT2D eigenvalue weighted by molar-refractivity contribution is 14.1. The second kappa shape index (κ2) is 7.95. The number of aromatic nitrogens is 2. The fourth-order valence-electron chi connectivity index (χ4n) is 2.64. The number of benzene rings is 2. The minimum atomic E-state index is -0.138. The topological polar surface area (TPSA) is 86.5 Å². The second-order valence-corrected chi connectivity index (χ2v) is 7.17. The van der Waals surface area contributed by atoms with Crippen LogP contribution in [0.15, 0.2) is 47.0 Å². The first kappa shape index (κ1) is 17.8. The molecule has 1 N–H and O–H groups in total. The third-order valence-electron chi connectivity index (χ3n) is 3.96. The molecule has 0 atom stereocenters. The Bertz CT molecular complexity index is 956. The van der Waals surface area contributed by atoms with E-state index in [1.54, 1.807) is 18.2 Å². The third kappa shape index (κ3) is 4.38. The molecule has 0 radical (unpaired) electrons. The van der Waals surface area contributed by atoms with Gasteiger partial charge in [0, 0.05) is 33.7 Å². The molecule has 1 aliphatic rings. The Labute approximate surface area is 169 Å². The van der Waals surface area contributed by atoms with Gasteiger partial charge in [-0.25, -0.2) is 0 Å². The number of halogens is 1. The van der Waals surface area contributed by atoms with Crippen LogP contribution < -0.4 is 14.8 Å². The minimum absolute atomic E-state index is 0.138. The highest BCUT2D eigenvalue weighted by Crippen LogP contribution is 2.32. The maximum atomic E-state index is 12.2. The van der Waals surface area contributed by atoms with Gasteiger partial charge in [0.2, 0.25) is 17.6 Å². The zero-order valence-corrected chi connectivity index (χ0v) is 16.4.